The second kappa shape index (κ2) is 5.78. The van der Waals surface area contributed by atoms with E-state index in [1.807, 2.05) is 6.07 Å². The first-order valence-corrected chi connectivity index (χ1v) is 7.77. The van der Waals surface area contributed by atoms with Crippen LogP contribution in [0.1, 0.15) is 43.2 Å². The maximum absolute atomic E-state index is 11.5. The van der Waals surface area contributed by atoms with Crippen LogP contribution in [-0.4, -0.2) is 42.3 Å². The molecule has 0 radical (unpaired) electrons. The third-order valence-corrected chi connectivity index (χ3v) is 5.04. The van der Waals surface area contributed by atoms with Gasteiger partial charge in [0.1, 0.15) is 0 Å². The van der Waals surface area contributed by atoms with Crippen LogP contribution >= 0.6 is 0 Å². The number of morpholine rings is 1. The van der Waals surface area contributed by atoms with Gasteiger partial charge in [-0.15, -0.1) is 0 Å². The molecule has 21 heavy (non-hydrogen) atoms. The molecule has 0 aromatic heterocycles. The van der Waals surface area contributed by atoms with Crippen LogP contribution < -0.4 is 0 Å². The number of carboxylic acids is 1. The monoisotopic (exact) mass is 289 g/mol. The number of carbonyl (C=O) groups is 1. The molecule has 1 aromatic carbocycles. The summed E-state index contributed by atoms with van der Waals surface area (Å²) < 4.78 is 5.46. The van der Waals surface area contributed by atoms with Gasteiger partial charge in [0.25, 0.3) is 0 Å². The fraction of sp³-hybridized carbons (Fsp3) is 0.588. The van der Waals surface area contributed by atoms with Gasteiger partial charge < -0.3 is 9.84 Å². The topological polar surface area (TPSA) is 49.8 Å². The molecule has 0 bridgehead atoms. The highest BCUT2D eigenvalue weighted by Crippen LogP contribution is 2.47. The molecule has 1 fully saturated rings. The lowest BCUT2D eigenvalue weighted by molar-refractivity contribution is -0.142. The second-order valence-corrected chi connectivity index (χ2v) is 6.23. The summed E-state index contributed by atoms with van der Waals surface area (Å²) in [4.78, 5) is 13.9. The van der Waals surface area contributed by atoms with E-state index in [0.29, 0.717) is 19.1 Å². The summed E-state index contributed by atoms with van der Waals surface area (Å²) in [7, 11) is 0. The molecule has 4 heteroatoms. The molecule has 1 aromatic rings. The minimum atomic E-state index is -0.717. The fourth-order valence-electron chi connectivity index (χ4n) is 3.96. The van der Waals surface area contributed by atoms with Crippen LogP contribution in [0.5, 0.6) is 0 Å². The van der Waals surface area contributed by atoms with E-state index < -0.39 is 5.97 Å². The van der Waals surface area contributed by atoms with E-state index in [0.717, 1.165) is 25.9 Å². The summed E-state index contributed by atoms with van der Waals surface area (Å²) in [5.41, 5.74) is 2.17. The van der Waals surface area contributed by atoms with Crippen LogP contribution in [0.4, 0.5) is 0 Å². The molecule has 2 atom stereocenters. The summed E-state index contributed by atoms with van der Waals surface area (Å²) >= 11 is 0. The van der Waals surface area contributed by atoms with Crippen LogP contribution in [-0.2, 0) is 15.1 Å². The van der Waals surface area contributed by atoms with E-state index >= 15 is 0 Å². The van der Waals surface area contributed by atoms with E-state index in [4.69, 9.17) is 4.74 Å². The second-order valence-electron chi connectivity index (χ2n) is 6.23. The molecule has 114 valence electrons. The van der Waals surface area contributed by atoms with E-state index in [2.05, 4.69) is 30.0 Å². The molecule has 2 unspecified atom stereocenters. The third kappa shape index (κ3) is 2.58. The van der Waals surface area contributed by atoms with E-state index in [1.165, 1.54) is 11.1 Å². The van der Waals surface area contributed by atoms with Crippen molar-refractivity contribution in [3.8, 4) is 0 Å². The summed E-state index contributed by atoms with van der Waals surface area (Å²) in [6.45, 7) is 5.26. The van der Waals surface area contributed by atoms with Crippen molar-refractivity contribution in [1.29, 1.82) is 0 Å². The molecule has 3 rings (SSSR count). The lowest BCUT2D eigenvalue weighted by Gasteiger charge is -2.49. The molecule has 1 heterocycles. The molecule has 1 aliphatic heterocycles. The molecule has 2 aliphatic rings. The minimum Gasteiger partial charge on any atom is -0.481 e. The van der Waals surface area contributed by atoms with Gasteiger partial charge in [-0.1, -0.05) is 31.2 Å². The SMILES string of the molecule is CC1CCC(CC(=O)O)(N2CCOCC2)c2ccccc21. The van der Waals surface area contributed by atoms with E-state index in [-0.39, 0.29) is 12.0 Å². The zero-order chi connectivity index (χ0) is 14.9. The van der Waals surface area contributed by atoms with Crippen molar-refractivity contribution < 1.29 is 14.6 Å². The Kier molecular flexibility index (Phi) is 4.00. The van der Waals surface area contributed by atoms with Gasteiger partial charge in [-0.05, 0) is 29.9 Å². The largest absolute Gasteiger partial charge is 0.481 e. The Balaban J connectivity index is 2.07. The summed E-state index contributed by atoms with van der Waals surface area (Å²) in [6.07, 6.45) is 2.13. The summed E-state index contributed by atoms with van der Waals surface area (Å²) in [6, 6.07) is 8.39. The van der Waals surface area contributed by atoms with Gasteiger partial charge in [-0.25, -0.2) is 0 Å². The maximum atomic E-state index is 11.5. The van der Waals surface area contributed by atoms with E-state index in [1.54, 1.807) is 0 Å². The predicted octanol–water partition coefficient (Wildman–Crippen LogP) is 2.59. The normalized spacial score (nSPS) is 29.9. The lowest BCUT2D eigenvalue weighted by atomic mass is 9.69. The number of aliphatic carboxylic acids is 1. The van der Waals surface area contributed by atoms with Gasteiger partial charge in [-0.2, -0.15) is 0 Å². The van der Waals surface area contributed by atoms with Crippen LogP contribution in [0.2, 0.25) is 0 Å². The quantitative estimate of drug-likeness (QED) is 0.929. The number of benzene rings is 1. The van der Waals surface area contributed by atoms with Crippen molar-refractivity contribution in [2.75, 3.05) is 26.3 Å². The molecule has 0 amide bonds. The van der Waals surface area contributed by atoms with Gasteiger partial charge in [0, 0.05) is 13.1 Å². The zero-order valence-corrected chi connectivity index (χ0v) is 12.5. The number of fused-ring (bicyclic) bond motifs is 1. The smallest absolute Gasteiger partial charge is 0.305 e. The average molecular weight is 289 g/mol. The molecule has 0 spiro atoms. The Bertz CT molecular complexity index is 525. The number of rotatable bonds is 3. The van der Waals surface area contributed by atoms with Crippen molar-refractivity contribution in [2.24, 2.45) is 0 Å². The number of ether oxygens (including phenoxy) is 1. The average Bonchev–Trinajstić information content (AvgIpc) is 2.51. The molecular weight excluding hydrogens is 266 g/mol. The van der Waals surface area contributed by atoms with Gasteiger partial charge in [0.2, 0.25) is 0 Å². The Morgan fingerprint density at radius 1 is 1.38 bits per heavy atom. The third-order valence-electron chi connectivity index (χ3n) is 5.04. The van der Waals surface area contributed by atoms with Gasteiger partial charge >= 0.3 is 5.97 Å². The van der Waals surface area contributed by atoms with Crippen molar-refractivity contribution in [1.82, 2.24) is 4.90 Å². The predicted molar refractivity (Wildman–Crippen MR) is 80.4 cm³/mol. The molecule has 0 saturated carbocycles. The van der Waals surface area contributed by atoms with E-state index in [9.17, 15) is 9.90 Å². The van der Waals surface area contributed by atoms with Crippen LogP contribution in [0.25, 0.3) is 0 Å². The van der Waals surface area contributed by atoms with Crippen LogP contribution in [0.15, 0.2) is 24.3 Å². The molecule has 1 N–H and O–H groups in total. The number of nitrogens with zero attached hydrogens (tertiary/aromatic N) is 1. The van der Waals surface area contributed by atoms with Gasteiger partial charge in [0.05, 0.1) is 25.2 Å². The zero-order valence-electron chi connectivity index (χ0n) is 12.5. The maximum Gasteiger partial charge on any atom is 0.305 e. The van der Waals surface area contributed by atoms with Crippen molar-refractivity contribution in [2.45, 2.75) is 37.6 Å². The Morgan fingerprint density at radius 3 is 2.81 bits per heavy atom. The first-order valence-electron chi connectivity index (χ1n) is 7.77. The minimum absolute atomic E-state index is 0.177. The van der Waals surface area contributed by atoms with Crippen LogP contribution in [0, 0.1) is 0 Å². The summed E-state index contributed by atoms with van der Waals surface area (Å²) in [5, 5.41) is 9.50. The highest BCUT2D eigenvalue weighted by atomic mass is 16.5. The lowest BCUT2D eigenvalue weighted by Crippen LogP contribution is -2.54. The summed E-state index contributed by atoms with van der Waals surface area (Å²) in [5.74, 6) is -0.213. The fourth-order valence-corrected chi connectivity index (χ4v) is 3.96. The first kappa shape index (κ1) is 14.5. The Morgan fingerprint density at radius 2 is 2.10 bits per heavy atom. The standard InChI is InChI=1S/C17H23NO3/c1-13-6-7-17(12-16(19)20,18-8-10-21-11-9-18)15-5-3-2-4-14(13)15/h2-5,13H,6-12H2,1H3,(H,19,20). The number of hydrogen-bond donors (Lipinski definition) is 1. The van der Waals surface area contributed by atoms with Crippen molar-refractivity contribution in [3.63, 3.8) is 0 Å². The van der Waals surface area contributed by atoms with Crippen LogP contribution in [0.3, 0.4) is 0 Å². The molecular formula is C17H23NO3. The van der Waals surface area contributed by atoms with Gasteiger partial charge in [-0.3, -0.25) is 9.69 Å². The first-order chi connectivity index (χ1) is 10.1. The highest BCUT2D eigenvalue weighted by molar-refractivity contribution is 5.69. The molecule has 4 nitrogen and oxygen atoms in total. The Hall–Kier alpha value is -1.39. The van der Waals surface area contributed by atoms with Crippen molar-refractivity contribution >= 4 is 5.97 Å². The van der Waals surface area contributed by atoms with Gasteiger partial charge in [0.15, 0.2) is 0 Å². The molecule has 1 saturated heterocycles. The number of hydrogen-bond acceptors (Lipinski definition) is 3. The number of carboxylic acid groups (broad SMARTS) is 1. The Labute approximate surface area is 125 Å². The highest BCUT2D eigenvalue weighted by Gasteiger charge is 2.45. The molecule has 1 aliphatic carbocycles. The van der Waals surface area contributed by atoms with Crippen molar-refractivity contribution in [3.05, 3.63) is 35.4 Å².